The van der Waals surface area contributed by atoms with Gasteiger partial charge in [0.25, 0.3) is 0 Å². The molecule has 0 nitrogen and oxygen atoms in total. The van der Waals surface area contributed by atoms with E-state index in [4.69, 9.17) is 0 Å². The van der Waals surface area contributed by atoms with Crippen LogP contribution in [-0.4, -0.2) is 12.0 Å². The minimum absolute atomic E-state index is 0.794. The molecular weight excluding hydrogens is 184 g/mol. The van der Waals surface area contributed by atoms with E-state index in [-0.39, 0.29) is 0 Å². The Balaban J connectivity index is 2.89. The Morgan fingerprint density at radius 2 is 2.17 bits per heavy atom. The van der Waals surface area contributed by atoms with E-state index in [1.807, 2.05) is 0 Å². The van der Waals surface area contributed by atoms with Crippen LogP contribution in [0.1, 0.15) is 5.56 Å². The maximum absolute atomic E-state index is 4.12. The highest BCUT2D eigenvalue weighted by molar-refractivity contribution is 7.98. The van der Waals surface area contributed by atoms with E-state index in [1.54, 1.807) is 11.8 Å². The van der Waals surface area contributed by atoms with Crippen molar-refractivity contribution in [2.75, 3.05) is 12.0 Å². The second-order valence-electron chi connectivity index (χ2n) is 2.33. The molecule has 1 aromatic carbocycles. The van der Waals surface area contributed by atoms with Gasteiger partial charge in [0, 0.05) is 10.6 Å². The summed E-state index contributed by atoms with van der Waals surface area (Å²) in [4.78, 5) is 1.32. The van der Waals surface area contributed by atoms with Crippen LogP contribution in [0.5, 0.6) is 0 Å². The standard InChI is InChI=1S/C10H12S2/c1-12-10-7-3-2-5-9(10)6-4-8-11/h2-7,11H,8H2,1H3. The summed E-state index contributed by atoms with van der Waals surface area (Å²) < 4.78 is 0. The van der Waals surface area contributed by atoms with Crippen molar-refractivity contribution in [1.82, 2.24) is 0 Å². The largest absolute Gasteiger partial charge is 0.175 e. The van der Waals surface area contributed by atoms with Crippen LogP contribution in [0.15, 0.2) is 35.2 Å². The first kappa shape index (κ1) is 9.75. The maximum atomic E-state index is 4.12. The van der Waals surface area contributed by atoms with Crippen LogP contribution in [0.2, 0.25) is 0 Å². The van der Waals surface area contributed by atoms with Crippen molar-refractivity contribution in [3.63, 3.8) is 0 Å². The Bertz CT molecular complexity index is 266. The fourth-order valence-corrected chi connectivity index (χ4v) is 1.68. The first-order valence-corrected chi connectivity index (χ1v) is 5.64. The predicted molar refractivity (Wildman–Crippen MR) is 61.1 cm³/mol. The lowest BCUT2D eigenvalue weighted by Gasteiger charge is -2.00. The van der Waals surface area contributed by atoms with Crippen molar-refractivity contribution in [1.29, 1.82) is 0 Å². The van der Waals surface area contributed by atoms with Gasteiger partial charge in [-0.05, 0) is 17.9 Å². The van der Waals surface area contributed by atoms with Gasteiger partial charge in [-0.15, -0.1) is 11.8 Å². The minimum Gasteiger partial charge on any atom is -0.175 e. The predicted octanol–water partition coefficient (Wildman–Crippen LogP) is 3.35. The van der Waals surface area contributed by atoms with Crippen LogP contribution in [0, 0.1) is 0 Å². The van der Waals surface area contributed by atoms with Gasteiger partial charge in [-0.2, -0.15) is 12.6 Å². The summed E-state index contributed by atoms with van der Waals surface area (Å²) in [6.45, 7) is 0. The Hall–Kier alpha value is -0.340. The third-order valence-electron chi connectivity index (χ3n) is 1.54. The van der Waals surface area contributed by atoms with Crippen molar-refractivity contribution >= 4 is 30.5 Å². The molecule has 0 amide bonds. The van der Waals surface area contributed by atoms with Gasteiger partial charge in [-0.1, -0.05) is 30.4 Å². The highest BCUT2D eigenvalue weighted by atomic mass is 32.2. The summed E-state index contributed by atoms with van der Waals surface area (Å²) in [6.07, 6.45) is 6.25. The monoisotopic (exact) mass is 196 g/mol. The number of hydrogen-bond donors (Lipinski definition) is 1. The number of thioether (sulfide) groups is 1. The molecule has 0 aliphatic heterocycles. The topological polar surface area (TPSA) is 0 Å². The van der Waals surface area contributed by atoms with Gasteiger partial charge in [0.15, 0.2) is 0 Å². The molecule has 0 N–H and O–H groups in total. The fraction of sp³-hybridized carbons (Fsp3) is 0.200. The molecule has 1 aromatic rings. The van der Waals surface area contributed by atoms with Gasteiger partial charge in [0.1, 0.15) is 0 Å². The average molecular weight is 196 g/mol. The Labute approximate surface area is 83.5 Å². The SMILES string of the molecule is CSc1ccccc1C=CCS. The van der Waals surface area contributed by atoms with E-state index in [0.717, 1.165) is 5.75 Å². The van der Waals surface area contributed by atoms with E-state index in [1.165, 1.54) is 10.5 Å². The summed E-state index contributed by atoms with van der Waals surface area (Å²) in [5.74, 6) is 0.794. The molecule has 0 aliphatic rings. The van der Waals surface area contributed by atoms with Gasteiger partial charge in [-0.3, -0.25) is 0 Å². The van der Waals surface area contributed by atoms with Crippen molar-refractivity contribution in [2.45, 2.75) is 4.90 Å². The highest BCUT2D eigenvalue weighted by Crippen LogP contribution is 2.20. The molecule has 0 bridgehead atoms. The molecule has 0 saturated heterocycles. The smallest absolute Gasteiger partial charge is 0.0141 e. The highest BCUT2D eigenvalue weighted by Gasteiger charge is 1.93. The number of benzene rings is 1. The normalized spacial score (nSPS) is 10.8. The summed E-state index contributed by atoms with van der Waals surface area (Å²) >= 11 is 5.89. The van der Waals surface area contributed by atoms with Crippen molar-refractivity contribution in [3.8, 4) is 0 Å². The molecule has 0 unspecified atom stereocenters. The number of hydrogen-bond acceptors (Lipinski definition) is 2. The summed E-state index contributed by atoms with van der Waals surface area (Å²) in [6, 6.07) is 8.36. The molecule has 0 aromatic heterocycles. The van der Waals surface area contributed by atoms with E-state index in [2.05, 4.69) is 55.3 Å². The van der Waals surface area contributed by atoms with Crippen LogP contribution in [-0.2, 0) is 0 Å². The zero-order valence-corrected chi connectivity index (χ0v) is 8.74. The summed E-state index contributed by atoms with van der Waals surface area (Å²) in [5, 5.41) is 0. The van der Waals surface area contributed by atoms with Crippen LogP contribution in [0.3, 0.4) is 0 Å². The molecule has 64 valence electrons. The van der Waals surface area contributed by atoms with Gasteiger partial charge in [0.2, 0.25) is 0 Å². The maximum Gasteiger partial charge on any atom is 0.0141 e. The second kappa shape index (κ2) is 5.33. The Morgan fingerprint density at radius 3 is 2.83 bits per heavy atom. The lowest BCUT2D eigenvalue weighted by atomic mass is 10.2. The Morgan fingerprint density at radius 1 is 1.42 bits per heavy atom. The van der Waals surface area contributed by atoms with Crippen LogP contribution >= 0.6 is 24.4 Å². The summed E-state index contributed by atoms with van der Waals surface area (Å²) in [7, 11) is 0. The van der Waals surface area contributed by atoms with E-state index in [9.17, 15) is 0 Å². The van der Waals surface area contributed by atoms with Crippen LogP contribution < -0.4 is 0 Å². The molecule has 0 spiro atoms. The van der Waals surface area contributed by atoms with Crippen LogP contribution in [0.25, 0.3) is 6.08 Å². The van der Waals surface area contributed by atoms with E-state index in [0.29, 0.717) is 0 Å². The first-order valence-electron chi connectivity index (χ1n) is 3.79. The third-order valence-corrected chi connectivity index (χ3v) is 2.56. The zero-order chi connectivity index (χ0) is 8.81. The minimum atomic E-state index is 0.794. The average Bonchev–Trinajstić information content (AvgIpc) is 2.15. The molecule has 0 heterocycles. The lowest BCUT2D eigenvalue weighted by Crippen LogP contribution is -1.76. The molecule has 0 atom stereocenters. The number of thiol groups is 1. The molecule has 0 fully saturated rings. The van der Waals surface area contributed by atoms with E-state index >= 15 is 0 Å². The van der Waals surface area contributed by atoms with Crippen molar-refractivity contribution in [2.24, 2.45) is 0 Å². The van der Waals surface area contributed by atoms with E-state index < -0.39 is 0 Å². The zero-order valence-electron chi connectivity index (χ0n) is 7.03. The quantitative estimate of drug-likeness (QED) is 0.571. The van der Waals surface area contributed by atoms with Crippen molar-refractivity contribution < 1.29 is 0 Å². The fourth-order valence-electron chi connectivity index (χ4n) is 0.984. The summed E-state index contributed by atoms with van der Waals surface area (Å²) in [5.41, 5.74) is 1.28. The molecule has 12 heavy (non-hydrogen) atoms. The Kier molecular flexibility index (Phi) is 4.33. The molecule has 0 aliphatic carbocycles. The first-order chi connectivity index (χ1) is 5.88. The van der Waals surface area contributed by atoms with Crippen LogP contribution in [0.4, 0.5) is 0 Å². The van der Waals surface area contributed by atoms with Gasteiger partial charge in [0.05, 0.1) is 0 Å². The molecule has 0 saturated carbocycles. The molecular formula is C10H12S2. The van der Waals surface area contributed by atoms with Gasteiger partial charge >= 0.3 is 0 Å². The van der Waals surface area contributed by atoms with Crippen molar-refractivity contribution in [3.05, 3.63) is 35.9 Å². The third kappa shape index (κ3) is 2.61. The lowest BCUT2D eigenvalue weighted by molar-refractivity contribution is 1.43. The molecule has 1 rings (SSSR count). The second-order valence-corrected chi connectivity index (χ2v) is 3.54. The molecule has 2 heteroatoms. The number of rotatable bonds is 3. The van der Waals surface area contributed by atoms with Gasteiger partial charge in [-0.25, -0.2) is 0 Å². The van der Waals surface area contributed by atoms with Gasteiger partial charge < -0.3 is 0 Å². The molecule has 0 radical (unpaired) electrons.